The van der Waals surface area contributed by atoms with Crippen LogP contribution in [0.15, 0.2) is 54.1 Å². The molecule has 1 aliphatic carbocycles. The summed E-state index contributed by atoms with van der Waals surface area (Å²) in [5.74, 6) is -0.164. The van der Waals surface area contributed by atoms with E-state index in [0.717, 1.165) is 11.6 Å². The van der Waals surface area contributed by atoms with Crippen LogP contribution in [0.5, 0.6) is 0 Å². The molecule has 0 fully saturated rings. The van der Waals surface area contributed by atoms with Crippen molar-refractivity contribution in [1.82, 2.24) is 0 Å². The second kappa shape index (κ2) is 4.16. The number of alkyl halides is 3. The van der Waals surface area contributed by atoms with Crippen LogP contribution in [-0.4, -0.2) is 6.18 Å². The minimum Gasteiger partial charge on any atom is -0.166 e. The molecule has 1 aromatic carbocycles. The second-order valence-electron chi connectivity index (χ2n) is 3.80. The van der Waals surface area contributed by atoms with Crippen LogP contribution >= 0.6 is 0 Å². The Morgan fingerprint density at radius 2 is 1.75 bits per heavy atom. The van der Waals surface area contributed by atoms with E-state index >= 15 is 0 Å². The summed E-state index contributed by atoms with van der Waals surface area (Å²) in [7, 11) is 0. The number of benzene rings is 1. The quantitative estimate of drug-likeness (QED) is 0.670. The third kappa shape index (κ3) is 2.35. The van der Waals surface area contributed by atoms with E-state index < -0.39 is 11.7 Å². The van der Waals surface area contributed by atoms with Crippen LogP contribution < -0.4 is 0 Å². The van der Waals surface area contributed by atoms with Crippen molar-refractivity contribution >= 4 is 0 Å². The summed E-state index contributed by atoms with van der Waals surface area (Å²) >= 11 is 0. The van der Waals surface area contributed by atoms with Gasteiger partial charge in [-0.2, -0.15) is 13.2 Å². The lowest BCUT2D eigenvalue weighted by Gasteiger charge is -2.20. The number of rotatable bonds is 1. The number of allylic oxidation sites excluding steroid dienone is 4. The Morgan fingerprint density at radius 1 is 1.06 bits per heavy atom. The van der Waals surface area contributed by atoms with E-state index in [1.165, 1.54) is 6.08 Å². The molecule has 0 heterocycles. The molecule has 0 aromatic heterocycles. The summed E-state index contributed by atoms with van der Waals surface area (Å²) in [4.78, 5) is 0. The molecule has 1 aromatic rings. The molecule has 0 spiro atoms. The molecule has 16 heavy (non-hydrogen) atoms. The van der Waals surface area contributed by atoms with Crippen molar-refractivity contribution in [2.24, 2.45) is 0 Å². The van der Waals surface area contributed by atoms with Crippen LogP contribution in [0.3, 0.4) is 0 Å². The van der Waals surface area contributed by atoms with Gasteiger partial charge in [-0.3, -0.25) is 0 Å². The molecule has 0 nitrogen and oxygen atoms in total. The smallest absolute Gasteiger partial charge is 0.166 e. The number of halogens is 3. The first-order valence-corrected chi connectivity index (χ1v) is 5.07. The van der Waals surface area contributed by atoms with Gasteiger partial charge in [0.25, 0.3) is 0 Å². The van der Waals surface area contributed by atoms with Crippen molar-refractivity contribution < 1.29 is 13.2 Å². The molecular weight excluding hydrogens is 213 g/mol. The fraction of sp³-hybridized carbons (Fsp3) is 0.231. The molecule has 1 aliphatic rings. The van der Waals surface area contributed by atoms with Gasteiger partial charge in [0, 0.05) is 11.5 Å². The van der Waals surface area contributed by atoms with Crippen LogP contribution in [0.1, 0.15) is 17.9 Å². The molecule has 2 rings (SSSR count). The summed E-state index contributed by atoms with van der Waals surface area (Å²) in [6.45, 7) is 0. The van der Waals surface area contributed by atoms with Crippen LogP contribution in [0, 0.1) is 0 Å². The second-order valence-corrected chi connectivity index (χ2v) is 3.80. The zero-order valence-electron chi connectivity index (χ0n) is 8.54. The van der Waals surface area contributed by atoms with Crippen LogP contribution in [0.4, 0.5) is 13.2 Å². The van der Waals surface area contributed by atoms with Gasteiger partial charge in [-0.25, -0.2) is 0 Å². The van der Waals surface area contributed by atoms with Gasteiger partial charge >= 0.3 is 6.18 Å². The van der Waals surface area contributed by atoms with Gasteiger partial charge in [0.15, 0.2) is 0 Å². The van der Waals surface area contributed by atoms with Gasteiger partial charge in [-0.15, -0.1) is 0 Å². The molecule has 0 saturated heterocycles. The Labute approximate surface area is 92.1 Å². The molecule has 0 bridgehead atoms. The SMILES string of the molecule is FC(F)(F)C1=CC=CC(c2ccccc2)C1. The average Bonchev–Trinajstić information content (AvgIpc) is 2.29. The zero-order chi connectivity index (χ0) is 11.6. The van der Waals surface area contributed by atoms with E-state index in [0.29, 0.717) is 0 Å². The first-order valence-electron chi connectivity index (χ1n) is 5.07. The van der Waals surface area contributed by atoms with Gasteiger partial charge in [-0.1, -0.05) is 48.6 Å². The van der Waals surface area contributed by atoms with Gasteiger partial charge in [0.2, 0.25) is 0 Å². The fourth-order valence-electron chi connectivity index (χ4n) is 1.82. The van der Waals surface area contributed by atoms with Crippen molar-refractivity contribution in [3.8, 4) is 0 Å². The Balaban J connectivity index is 2.19. The van der Waals surface area contributed by atoms with Crippen molar-refractivity contribution in [3.63, 3.8) is 0 Å². The molecule has 84 valence electrons. The van der Waals surface area contributed by atoms with Crippen molar-refractivity contribution in [1.29, 1.82) is 0 Å². The first kappa shape index (κ1) is 11.0. The number of hydrogen-bond acceptors (Lipinski definition) is 0. The molecule has 1 unspecified atom stereocenters. The highest BCUT2D eigenvalue weighted by Crippen LogP contribution is 2.36. The minimum atomic E-state index is -4.21. The third-order valence-electron chi connectivity index (χ3n) is 2.67. The van der Waals surface area contributed by atoms with E-state index in [1.807, 2.05) is 36.4 Å². The van der Waals surface area contributed by atoms with E-state index in [-0.39, 0.29) is 12.3 Å². The summed E-state index contributed by atoms with van der Waals surface area (Å²) in [5.41, 5.74) is 0.470. The largest absolute Gasteiger partial charge is 0.412 e. The molecule has 1 atom stereocenters. The lowest BCUT2D eigenvalue weighted by atomic mass is 9.88. The van der Waals surface area contributed by atoms with Crippen LogP contribution in [0.25, 0.3) is 0 Å². The van der Waals surface area contributed by atoms with E-state index in [2.05, 4.69) is 0 Å². The monoisotopic (exact) mass is 224 g/mol. The lowest BCUT2D eigenvalue weighted by molar-refractivity contribution is -0.0944. The summed E-state index contributed by atoms with van der Waals surface area (Å²) in [6.07, 6.45) is 0.274. The highest BCUT2D eigenvalue weighted by atomic mass is 19.4. The van der Waals surface area contributed by atoms with Crippen molar-refractivity contribution in [3.05, 3.63) is 59.7 Å². The van der Waals surface area contributed by atoms with Crippen molar-refractivity contribution in [2.75, 3.05) is 0 Å². The van der Waals surface area contributed by atoms with E-state index in [4.69, 9.17) is 0 Å². The Hall–Kier alpha value is -1.51. The first-order chi connectivity index (χ1) is 7.57. The predicted molar refractivity (Wildman–Crippen MR) is 57.1 cm³/mol. The summed E-state index contributed by atoms with van der Waals surface area (Å²) in [5, 5.41) is 0. The highest BCUT2D eigenvalue weighted by molar-refractivity contribution is 5.33. The summed E-state index contributed by atoms with van der Waals surface area (Å²) in [6, 6.07) is 9.25. The zero-order valence-corrected chi connectivity index (χ0v) is 8.54. The molecular formula is C13H11F3. The van der Waals surface area contributed by atoms with Gasteiger partial charge in [-0.05, 0) is 12.0 Å². The Bertz CT molecular complexity index is 413. The Morgan fingerprint density at radius 3 is 2.38 bits per heavy atom. The van der Waals surface area contributed by atoms with E-state index in [9.17, 15) is 13.2 Å². The maximum absolute atomic E-state index is 12.5. The maximum atomic E-state index is 12.5. The average molecular weight is 224 g/mol. The highest BCUT2D eigenvalue weighted by Gasteiger charge is 2.35. The molecule has 3 heteroatoms. The number of hydrogen-bond donors (Lipinski definition) is 0. The molecule has 0 aliphatic heterocycles. The molecule has 0 N–H and O–H groups in total. The third-order valence-corrected chi connectivity index (χ3v) is 2.67. The molecule has 0 amide bonds. The minimum absolute atomic E-state index is 0.0318. The maximum Gasteiger partial charge on any atom is 0.412 e. The van der Waals surface area contributed by atoms with Gasteiger partial charge in [0.05, 0.1) is 0 Å². The van der Waals surface area contributed by atoms with Gasteiger partial charge < -0.3 is 0 Å². The standard InChI is InChI=1S/C13H11F3/c14-13(15,16)12-8-4-7-11(9-12)10-5-2-1-3-6-10/h1-8,11H,9H2. The Kier molecular flexibility index (Phi) is 2.86. The fourth-order valence-corrected chi connectivity index (χ4v) is 1.82. The summed E-state index contributed by atoms with van der Waals surface area (Å²) < 4.78 is 37.6. The van der Waals surface area contributed by atoms with Gasteiger partial charge in [0.1, 0.15) is 0 Å². The topological polar surface area (TPSA) is 0 Å². The normalized spacial score (nSPS) is 20.7. The van der Waals surface area contributed by atoms with Crippen molar-refractivity contribution in [2.45, 2.75) is 18.5 Å². The van der Waals surface area contributed by atoms with Crippen LogP contribution in [-0.2, 0) is 0 Å². The molecule has 0 radical (unpaired) electrons. The predicted octanol–water partition coefficient (Wildman–Crippen LogP) is 4.22. The van der Waals surface area contributed by atoms with Crippen LogP contribution in [0.2, 0.25) is 0 Å². The molecule has 0 saturated carbocycles. The van der Waals surface area contributed by atoms with E-state index in [1.54, 1.807) is 0 Å². The lowest BCUT2D eigenvalue weighted by Crippen LogP contribution is -2.15.